The van der Waals surface area contributed by atoms with Crippen LogP contribution in [0.2, 0.25) is 5.02 Å². The Balaban J connectivity index is 2.10. The smallest absolute Gasteiger partial charge is 0.127 e. The van der Waals surface area contributed by atoms with E-state index in [2.05, 4.69) is 22.8 Å². The predicted octanol–water partition coefficient (Wildman–Crippen LogP) is 3.65. The number of nitrogens with one attached hydrogen (secondary N) is 1. The van der Waals surface area contributed by atoms with Gasteiger partial charge in [-0.1, -0.05) is 17.7 Å². The first-order chi connectivity index (χ1) is 8.79. The fourth-order valence-corrected chi connectivity index (χ4v) is 3.52. The molecule has 0 saturated heterocycles. The molecule has 0 amide bonds. The molecule has 1 N–H and O–H groups in total. The van der Waals surface area contributed by atoms with Gasteiger partial charge in [0, 0.05) is 21.9 Å². The summed E-state index contributed by atoms with van der Waals surface area (Å²) in [4.78, 5) is 1.28. The van der Waals surface area contributed by atoms with Gasteiger partial charge in [-0.25, -0.2) is 0 Å². The van der Waals surface area contributed by atoms with Gasteiger partial charge in [-0.2, -0.15) is 0 Å². The zero-order chi connectivity index (χ0) is 12.5. The van der Waals surface area contributed by atoms with Gasteiger partial charge in [0.1, 0.15) is 5.75 Å². The highest BCUT2D eigenvalue weighted by atomic mass is 35.5. The van der Waals surface area contributed by atoms with Crippen molar-refractivity contribution >= 4 is 22.9 Å². The highest BCUT2D eigenvalue weighted by Gasteiger charge is 2.24. The van der Waals surface area contributed by atoms with Gasteiger partial charge in [0.2, 0.25) is 0 Å². The molecule has 3 rings (SSSR count). The van der Waals surface area contributed by atoms with E-state index in [9.17, 15) is 0 Å². The molecule has 1 atom stereocenters. The largest absolute Gasteiger partial charge is 0.493 e. The maximum absolute atomic E-state index is 6.21. The minimum Gasteiger partial charge on any atom is -0.493 e. The Bertz CT molecular complexity index is 553. The minimum atomic E-state index is 0.149. The summed E-state index contributed by atoms with van der Waals surface area (Å²) in [5, 5.41) is 6.22. The van der Waals surface area contributed by atoms with Gasteiger partial charge in [0.25, 0.3) is 0 Å². The van der Waals surface area contributed by atoms with Crippen LogP contribution in [0, 0.1) is 0 Å². The molecule has 4 heteroatoms. The van der Waals surface area contributed by atoms with E-state index in [-0.39, 0.29) is 6.04 Å². The number of halogens is 1. The quantitative estimate of drug-likeness (QED) is 0.926. The van der Waals surface area contributed by atoms with E-state index in [1.54, 1.807) is 11.3 Å². The molecule has 2 nitrogen and oxygen atoms in total. The van der Waals surface area contributed by atoms with Crippen LogP contribution in [0.5, 0.6) is 5.75 Å². The maximum atomic E-state index is 6.21. The second kappa shape index (κ2) is 4.92. The summed E-state index contributed by atoms with van der Waals surface area (Å²) < 4.78 is 5.77. The summed E-state index contributed by atoms with van der Waals surface area (Å²) in [5.74, 6) is 1.01. The molecule has 94 valence electrons. The summed E-state index contributed by atoms with van der Waals surface area (Å²) in [7, 11) is 1.96. The van der Waals surface area contributed by atoms with Crippen molar-refractivity contribution in [1.29, 1.82) is 0 Å². The van der Waals surface area contributed by atoms with Gasteiger partial charge >= 0.3 is 0 Å². The minimum absolute atomic E-state index is 0.149. The van der Waals surface area contributed by atoms with Crippen LogP contribution in [-0.2, 0) is 6.42 Å². The van der Waals surface area contributed by atoms with Crippen LogP contribution in [0.1, 0.15) is 22.0 Å². The lowest BCUT2D eigenvalue weighted by molar-refractivity contribution is 0.351. The summed E-state index contributed by atoms with van der Waals surface area (Å²) in [6, 6.07) is 8.36. The van der Waals surface area contributed by atoms with Gasteiger partial charge in [0.05, 0.1) is 12.6 Å². The van der Waals surface area contributed by atoms with Crippen LogP contribution < -0.4 is 10.1 Å². The second-order valence-electron chi connectivity index (χ2n) is 4.32. The zero-order valence-corrected chi connectivity index (χ0v) is 11.6. The number of ether oxygens (including phenoxy) is 1. The molecule has 2 heterocycles. The van der Waals surface area contributed by atoms with E-state index >= 15 is 0 Å². The summed E-state index contributed by atoms with van der Waals surface area (Å²) >= 11 is 7.95. The first-order valence-corrected chi connectivity index (χ1v) is 7.21. The number of hydrogen-bond acceptors (Lipinski definition) is 3. The Morgan fingerprint density at radius 1 is 1.44 bits per heavy atom. The van der Waals surface area contributed by atoms with Gasteiger partial charge in [-0.15, -0.1) is 11.3 Å². The molecule has 1 aliphatic heterocycles. The normalized spacial score (nSPS) is 15.2. The topological polar surface area (TPSA) is 21.3 Å². The molecular weight excluding hydrogens is 266 g/mol. The summed E-state index contributed by atoms with van der Waals surface area (Å²) in [5.41, 5.74) is 2.36. The lowest BCUT2D eigenvalue weighted by Gasteiger charge is -2.18. The molecule has 1 unspecified atom stereocenters. The van der Waals surface area contributed by atoms with E-state index in [1.165, 1.54) is 10.4 Å². The fourth-order valence-electron chi connectivity index (χ4n) is 2.42. The van der Waals surface area contributed by atoms with Crippen LogP contribution in [0.15, 0.2) is 29.6 Å². The molecule has 0 bridgehead atoms. The summed E-state index contributed by atoms with van der Waals surface area (Å²) in [6.45, 7) is 0.754. The maximum Gasteiger partial charge on any atom is 0.127 e. The number of benzene rings is 1. The molecule has 1 aromatic carbocycles. The standard InChI is InChI=1S/C14H14ClNOS/c1-16-13(12-3-2-6-18-12)11-8-10(15)7-9-4-5-17-14(9)11/h2-3,6-8,13,16H,4-5H2,1H3. The van der Waals surface area contributed by atoms with E-state index in [1.807, 2.05) is 19.2 Å². The molecule has 0 spiro atoms. The Kier molecular flexibility index (Phi) is 3.29. The highest BCUT2D eigenvalue weighted by Crippen LogP contribution is 2.39. The van der Waals surface area contributed by atoms with Crippen molar-refractivity contribution in [2.45, 2.75) is 12.5 Å². The van der Waals surface area contributed by atoms with Crippen molar-refractivity contribution in [1.82, 2.24) is 5.32 Å². The molecule has 0 aliphatic carbocycles. The average molecular weight is 280 g/mol. The molecule has 1 aliphatic rings. The van der Waals surface area contributed by atoms with Crippen molar-refractivity contribution in [2.75, 3.05) is 13.7 Å². The van der Waals surface area contributed by atoms with Crippen molar-refractivity contribution in [2.24, 2.45) is 0 Å². The van der Waals surface area contributed by atoms with Crippen molar-refractivity contribution in [3.8, 4) is 5.75 Å². The predicted molar refractivity (Wildman–Crippen MR) is 75.9 cm³/mol. The third-order valence-corrected chi connectivity index (χ3v) is 4.36. The number of thiophene rings is 1. The van der Waals surface area contributed by atoms with Crippen molar-refractivity contribution in [3.05, 3.63) is 50.7 Å². The Morgan fingerprint density at radius 3 is 3.06 bits per heavy atom. The Labute approximate surface area is 116 Å². The van der Waals surface area contributed by atoms with Gasteiger partial charge in [-0.3, -0.25) is 0 Å². The number of fused-ring (bicyclic) bond motifs is 1. The molecule has 0 radical (unpaired) electrons. The second-order valence-corrected chi connectivity index (χ2v) is 5.73. The van der Waals surface area contributed by atoms with Crippen LogP contribution in [-0.4, -0.2) is 13.7 Å². The molecule has 2 aromatic rings. The average Bonchev–Trinajstić information content (AvgIpc) is 2.99. The highest BCUT2D eigenvalue weighted by molar-refractivity contribution is 7.10. The number of hydrogen-bond donors (Lipinski definition) is 1. The third-order valence-electron chi connectivity index (χ3n) is 3.20. The van der Waals surface area contributed by atoms with Crippen LogP contribution >= 0.6 is 22.9 Å². The molecule has 1 aromatic heterocycles. The first-order valence-electron chi connectivity index (χ1n) is 5.95. The molecule has 18 heavy (non-hydrogen) atoms. The summed E-state index contributed by atoms with van der Waals surface area (Å²) in [6.07, 6.45) is 0.948. The van der Waals surface area contributed by atoms with Crippen LogP contribution in [0.3, 0.4) is 0 Å². The van der Waals surface area contributed by atoms with Gasteiger partial charge < -0.3 is 10.1 Å². The lowest BCUT2D eigenvalue weighted by Crippen LogP contribution is -2.17. The third kappa shape index (κ3) is 2.03. The number of rotatable bonds is 3. The monoisotopic (exact) mass is 279 g/mol. The van der Waals surface area contributed by atoms with Crippen LogP contribution in [0.25, 0.3) is 0 Å². The van der Waals surface area contributed by atoms with Crippen molar-refractivity contribution < 1.29 is 4.74 Å². The van der Waals surface area contributed by atoms with E-state index < -0.39 is 0 Å². The van der Waals surface area contributed by atoms with Crippen molar-refractivity contribution in [3.63, 3.8) is 0 Å². The van der Waals surface area contributed by atoms with E-state index in [4.69, 9.17) is 16.3 Å². The van der Waals surface area contributed by atoms with Gasteiger partial charge in [0.15, 0.2) is 0 Å². The van der Waals surface area contributed by atoms with E-state index in [0.717, 1.165) is 29.4 Å². The molecule has 0 fully saturated rings. The molecule has 0 saturated carbocycles. The zero-order valence-electron chi connectivity index (χ0n) is 10.1. The molecular formula is C14H14ClNOS. The first kappa shape index (κ1) is 12.0. The Hall–Kier alpha value is -1.03. The SMILES string of the molecule is CNC(c1cccs1)c1cc(Cl)cc2c1OCC2. The van der Waals surface area contributed by atoms with Crippen LogP contribution in [0.4, 0.5) is 0 Å². The van der Waals surface area contributed by atoms with Gasteiger partial charge in [-0.05, 0) is 36.2 Å². The fraction of sp³-hybridized carbons (Fsp3) is 0.286. The Morgan fingerprint density at radius 2 is 2.33 bits per heavy atom. The lowest BCUT2D eigenvalue weighted by atomic mass is 10.0. The van der Waals surface area contributed by atoms with E-state index in [0.29, 0.717) is 0 Å².